The highest BCUT2D eigenvalue weighted by molar-refractivity contribution is 9.10. The molecule has 0 fully saturated rings. The molecule has 0 radical (unpaired) electrons. The summed E-state index contributed by atoms with van der Waals surface area (Å²) < 4.78 is 0.844. The van der Waals surface area contributed by atoms with Crippen molar-refractivity contribution < 1.29 is 0 Å². The van der Waals surface area contributed by atoms with Gasteiger partial charge < -0.3 is 11.1 Å². The van der Waals surface area contributed by atoms with E-state index in [0.29, 0.717) is 21.4 Å². The maximum atomic E-state index is 6.07. The van der Waals surface area contributed by atoms with E-state index in [9.17, 15) is 0 Å². The van der Waals surface area contributed by atoms with Crippen molar-refractivity contribution in [1.29, 1.82) is 0 Å². The minimum absolute atomic E-state index is 0.573. The zero-order valence-corrected chi connectivity index (χ0v) is 11.8. The summed E-state index contributed by atoms with van der Waals surface area (Å²) in [5.74, 6) is 0. The quantitative estimate of drug-likeness (QED) is 0.753. The summed E-state index contributed by atoms with van der Waals surface area (Å²) in [5, 5.41) is 4.35. The number of hydrogen-bond acceptors (Lipinski definition) is 2. The van der Waals surface area contributed by atoms with Crippen LogP contribution in [-0.2, 0) is 0 Å². The van der Waals surface area contributed by atoms with Gasteiger partial charge in [-0.3, -0.25) is 0 Å². The fourth-order valence-electron chi connectivity index (χ4n) is 1.39. The van der Waals surface area contributed by atoms with Crippen molar-refractivity contribution >= 4 is 56.2 Å². The maximum absolute atomic E-state index is 6.07. The number of para-hydroxylation sites is 1. The van der Waals surface area contributed by atoms with E-state index in [0.717, 1.165) is 10.2 Å². The second-order valence-electron chi connectivity index (χ2n) is 3.46. The molecule has 0 aliphatic heterocycles. The molecule has 0 saturated carbocycles. The molecule has 2 aromatic carbocycles. The van der Waals surface area contributed by atoms with Crippen molar-refractivity contribution in [3.8, 4) is 0 Å². The van der Waals surface area contributed by atoms with E-state index in [1.807, 2.05) is 12.1 Å². The van der Waals surface area contributed by atoms with Gasteiger partial charge in [-0.1, -0.05) is 29.3 Å². The summed E-state index contributed by atoms with van der Waals surface area (Å²) in [6.45, 7) is 0. The van der Waals surface area contributed by atoms with E-state index >= 15 is 0 Å². The van der Waals surface area contributed by atoms with E-state index in [-0.39, 0.29) is 0 Å². The minimum atomic E-state index is 0.573. The van der Waals surface area contributed by atoms with Gasteiger partial charge in [-0.25, -0.2) is 0 Å². The third-order valence-corrected chi connectivity index (χ3v) is 3.78. The number of benzene rings is 2. The molecule has 0 saturated heterocycles. The Labute approximate surface area is 118 Å². The van der Waals surface area contributed by atoms with Gasteiger partial charge in [0.15, 0.2) is 0 Å². The smallest absolute Gasteiger partial charge is 0.0807 e. The Kier molecular flexibility index (Phi) is 3.82. The largest absolute Gasteiger partial charge is 0.397 e. The highest BCUT2D eigenvalue weighted by Crippen LogP contribution is 2.33. The Morgan fingerprint density at radius 3 is 2.47 bits per heavy atom. The molecule has 0 atom stereocenters. The van der Waals surface area contributed by atoms with Crippen LogP contribution in [0.5, 0.6) is 0 Å². The Bertz CT molecular complexity index is 538. The van der Waals surface area contributed by atoms with Gasteiger partial charge in [0.25, 0.3) is 0 Å². The molecule has 2 nitrogen and oxygen atoms in total. The van der Waals surface area contributed by atoms with E-state index in [1.54, 1.807) is 24.3 Å². The van der Waals surface area contributed by atoms with Crippen LogP contribution in [0.3, 0.4) is 0 Å². The maximum Gasteiger partial charge on any atom is 0.0807 e. The molecule has 0 amide bonds. The van der Waals surface area contributed by atoms with Gasteiger partial charge in [0, 0.05) is 10.2 Å². The predicted octanol–water partition coefficient (Wildman–Crippen LogP) is 5.08. The van der Waals surface area contributed by atoms with Crippen molar-refractivity contribution in [2.45, 2.75) is 0 Å². The lowest BCUT2D eigenvalue weighted by molar-refractivity contribution is 1.53. The van der Waals surface area contributed by atoms with Gasteiger partial charge in [-0.2, -0.15) is 0 Å². The number of nitrogens with two attached hydrogens (primary N) is 1. The average molecular weight is 332 g/mol. The number of rotatable bonds is 2. The highest BCUT2D eigenvalue weighted by Gasteiger charge is 2.05. The molecule has 0 bridgehead atoms. The van der Waals surface area contributed by atoms with E-state index in [2.05, 4.69) is 21.2 Å². The first kappa shape index (κ1) is 12.6. The zero-order chi connectivity index (χ0) is 12.4. The summed E-state index contributed by atoms with van der Waals surface area (Å²) in [7, 11) is 0. The van der Waals surface area contributed by atoms with Crippen molar-refractivity contribution in [2.75, 3.05) is 11.1 Å². The van der Waals surface area contributed by atoms with E-state index < -0.39 is 0 Å². The third-order valence-electron chi connectivity index (χ3n) is 2.23. The van der Waals surface area contributed by atoms with E-state index in [4.69, 9.17) is 28.9 Å². The molecule has 0 heterocycles. The normalized spacial score (nSPS) is 10.3. The molecule has 0 unspecified atom stereocenters. The molecule has 2 aromatic rings. The van der Waals surface area contributed by atoms with Crippen LogP contribution in [0, 0.1) is 0 Å². The molecular formula is C12H9BrCl2N2. The highest BCUT2D eigenvalue weighted by atomic mass is 79.9. The minimum Gasteiger partial charge on any atom is -0.397 e. The topological polar surface area (TPSA) is 38.0 Å². The number of nitrogen functional groups attached to an aromatic ring is 1. The number of anilines is 3. The SMILES string of the molecule is Nc1cccc(Cl)c1Nc1ccc(Br)c(Cl)c1. The molecule has 0 aliphatic rings. The summed E-state index contributed by atoms with van der Waals surface area (Å²) in [6, 6.07) is 10.9. The first-order valence-electron chi connectivity index (χ1n) is 4.84. The van der Waals surface area contributed by atoms with Crippen LogP contribution in [0.2, 0.25) is 10.0 Å². The van der Waals surface area contributed by atoms with Crippen molar-refractivity contribution in [2.24, 2.45) is 0 Å². The van der Waals surface area contributed by atoms with Gasteiger partial charge in [0.1, 0.15) is 0 Å². The lowest BCUT2D eigenvalue weighted by atomic mass is 10.2. The van der Waals surface area contributed by atoms with Crippen LogP contribution in [0.25, 0.3) is 0 Å². The van der Waals surface area contributed by atoms with Crippen molar-refractivity contribution in [3.05, 3.63) is 50.9 Å². The summed E-state index contributed by atoms with van der Waals surface area (Å²) in [6.07, 6.45) is 0. The van der Waals surface area contributed by atoms with Crippen LogP contribution < -0.4 is 11.1 Å². The monoisotopic (exact) mass is 330 g/mol. The van der Waals surface area contributed by atoms with Crippen molar-refractivity contribution in [1.82, 2.24) is 0 Å². The van der Waals surface area contributed by atoms with Crippen LogP contribution in [-0.4, -0.2) is 0 Å². The number of nitrogens with one attached hydrogen (secondary N) is 1. The fourth-order valence-corrected chi connectivity index (χ4v) is 2.05. The number of hydrogen-bond donors (Lipinski definition) is 2. The molecular weight excluding hydrogens is 323 g/mol. The Morgan fingerprint density at radius 1 is 1.06 bits per heavy atom. The standard InChI is InChI=1S/C12H9BrCl2N2/c13-8-5-4-7(6-10(8)15)17-12-9(14)2-1-3-11(12)16/h1-6,17H,16H2. The molecule has 17 heavy (non-hydrogen) atoms. The Balaban J connectivity index is 2.35. The molecule has 88 valence electrons. The first-order chi connectivity index (χ1) is 8.08. The average Bonchev–Trinajstić information content (AvgIpc) is 2.28. The zero-order valence-electron chi connectivity index (χ0n) is 8.68. The van der Waals surface area contributed by atoms with Gasteiger partial charge in [0.05, 0.1) is 21.4 Å². The second kappa shape index (κ2) is 5.17. The van der Waals surface area contributed by atoms with Gasteiger partial charge >= 0.3 is 0 Å². The lowest BCUT2D eigenvalue weighted by Gasteiger charge is -2.11. The van der Waals surface area contributed by atoms with Gasteiger partial charge in [-0.05, 0) is 46.3 Å². The number of halogens is 3. The van der Waals surface area contributed by atoms with Crippen LogP contribution >= 0.6 is 39.1 Å². The molecule has 0 aliphatic carbocycles. The molecule has 2 rings (SSSR count). The second-order valence-corrected chi connectivity index (χ2v) is 5.13. The summed E-state index contributed by atoms with van der Waals surface area (Å²) in [4.78, 5) is 0. The molecule has 3 N–H and O–H groups in total. The summed E-state index contributed by atoms with van der Waals surface area (Å²) in [5.41, 5.74) is 7.96. The van der Waals surface area contributed by atoms with Gasteiger partial charge in [-0.15, -0.1) is 0 Å². The predicted molar refractivity (Wildman–Crippen MR) is 78.3 cm³/mol. The Hall–Kier alpha value is -0.900. The Morgan fingerprint density at radius 2 is 1.82 bits per heavy atom. The van der Waals surface area contributed by atoms with Crippen molar-refractivity contribution in [3.63, 3.8) is 0 Å². The third kappa shape index (κ3) is 2.86. The summed E-state index contributed by atoms with van der Waals surface area (Å²) >= 11 is 15.4. The lowest BCUT2D eigenvalue weighted by Crippen LogP contribution is -1.96. The molecule has 5 heteroatoms. The molecule has 0 aromatic heterocycles. The fraction of sp³-hybridized carbons (Fsp3) is 0. The molecule has 0 spiro atoms. The van der Waals surface area contributed by atoms with E-state index in [1.165, 1.54) is 0 Å². The van der Waals surface area contributed by atoms with Crippen LogP contribution in [0.4, 0.5) is 17.1 Å². The first-order valence-corrected chi connectivity index (χ1v) is 6.39. The van der Waals surface area contributed by atoms with Gasteiger partial charge in [0.2, 0.25) is 0 Å². The van der Waals surface area contributed by atoms with Crippen LogP contribution in [0.15, 0.2) is 40.9 Å². The van der Waals surface area contributed by atoms with Crippen LogP contribution in [0.1, 0.15) is 0 Å².